The molecule has 2 saturated carbocycles. The Morgan fingerprint density at radius 2 is 1.75 bits per heavy atom. The van der Waals surface area contributed by atoms with Gasteiger partial charge in [0, 0.05) is 12.1 Å². The van der Waals surface area contributed by atoms with Crippen LogP contribution in [0, 0.1) is 11.8 Å². The number of fused-ring (bicyclic) bond motifs is 3. The molecule has 24 heavy (non-hydrogen) atoms. The van der Waals surface area contributed by atoms with Gasteiger partial charge < -0.3 is 11.1 Å². The van der Waals surface area contributed by atoms with Crippen LogP contribution in [0.2, 0.25) is 0 Å². The predicted molar refractivity (Wildman–Crippen MR) is 97.6 cm³/mol. The number of carbonyl (C=O) groups is 1. The number of carbonyl (C=O) groups excluding carboxylic acids is 1. The Labute approximate surface area is 143 Å². The molecule has 0 aromatic heterocycles. The van der Waals surface area contributed by atoms with Crippen LogP contribution in [0.4, 0.5) is 0 Å². The number of amides is 1. The molecular weight excluding hydrogens is 296 g/mol. The molecule has 0 aliphatic heterocycles. The van der Waals surface area contributed by atoms with Crippen LogP contribution >= 0.6 is 0 Å². The van der Waals surface area contributed by atoms with E-state index in [0.29, 0.717) is 30.3 Å². The molecule has 4 rings (SSSR count). The Hall–Kier alpha value is -1.87. The summed E-state index contributed by atoms with van der Waals surface area (Å²) in [6.45, 7) is 0. The monoisotopic (exact) mass is 322 g/mol. The standard InChI is InChI=1S/C21H26N2O/c22-19-12-17-6-3-7-18(13-19)21(17)23-20(24)11-14-8-9-15-4-1-2-5-16(15)10-14/h1-2,4-5,8-10,17-19,21H,3,6-7,11-13,22H2,(H,23,24). The third kappa shape index (κ3) is 3.18. The van der Waals surface area contributed by atoms with E-state index in [4.69, 9.17) is 5.73 Å². The van der Waals surface area contributed by atoms with Gasteiger partial charge in [-0.25, -0.2) is 0 Å². The number of rotatable bonds is 3. The number of nitrogens with two attached hydrogens (primary N) is 1. The molecule has 126 valence electrons. The lowest BCUT2D eigenvalue weighted by atomic mass is 9.67. The second kappa shape index (κ2) is 6.56. The zero-order valence-electron chi connectivity index (χ0n) is 14.1. The van der Waals surface area contributed by atoms with Crippen LogP contribution in [0.1, 0.15) is 37.7 Å². The van der Waals surface area contributed by atoms with Gasteiger partial charge in [0.1, 0.15) is 0 Å². The number of benzene rings is 2. The summed E-state index contributed by atoms with van der Waals surface area (Å²) in [6, 6.07) is 15.3. The van der Waals surface area contributed by atoms with E-state index in [2.05, 4.69) is 35.6 Å². The van der Waals surface area contributed by atoms with Crippen molar-refractivity contribution in [3.63, 3.8) is 0 Å². The van der Waals surface area contributed by atoms with E-state index in [1.165, 1.54) is 30.0 Å². The highest BCUT2D eigenvalue weighted by Crippen LogP contribution is 2.39. The number of hydrogen-bond donors (Lipinski definition) is 2. The molecule has 0 heterocycles. The quantitative estimate of drug-likeness (QED) is 0.910. The zero-order chi connectivity index (χ0) is 16.5. The van der Waals surface area contributed by atoms with Gasteiger partial charge in [0.05, 0.1) is 6.42 Å². The fraction of sp³-hybridized carbons (Fsp3) is 0.476. The van der Waals surface area contributed by atoms with Crippen molar-refractivity contribution in [1.29, 1.82) is 0 Å². The van der Waals surface area contributed by atoms with E-state index in [1.54, 1.807) is 0 Å². The van der Waals surface area contributed by atoms with Gasteiger partial charge in [0.2, 0.25) is 5.91 Å². The Morgan fingerprint density at radius 1 is 1.04 bits per heavy atom. The molecule has 3 N–H and O–H groups in total. The van der Waals surface area contributed by atoms with E-state index in [-0.39, 0.29) is 5.91 Å². The SMILES string of the molecule is NC1CC2CCCC(C1)C2NC(=O)Cc1ccc2ccccc2c1. The molecule has 2 bridgehead atoms. The van der Waals surface area contributed by atoms with Crippen molar-refractivity contribution in [1.82, 2.24) is 5.32 Å². The topological polar surface area (TPSA) is 55.1 Å². The van der Waals surface area contributed by atoms with E-state index in [1.807, 2.05) is 12.1 Å². The summed E-state index contributed by atoms with van der Waals surface area (Å²) in [5.74, 6) is 1.31. The summed E-state index contributed by atoms with van der Waals surface area (Å²) >= 11 is 0. The first-order valence-corrected chi connectivity index (χ1v) is 9.21. The van der Waals surface area contributed by atoms with Crippen LogP contribution < -0.4 is 11.1 Å². The average molecular weight is 322 g/mol. The van der Waals surface area contributed by atoms with Gasteiger partial charge in [0.25, 0.3) is 0 Å². The molecule has 2 unspecified atom stereocenters. The summed E-state index contributed by atoms with van der Waals surface area (Å²) in [5.41, 5.74) is 7.27. The summed E-state index contributed by atoms with van der Waals surface area (Å²) in [4.78, 5) is 12.6. The largest absolute Gasteiger partial charge is 0.353 e. The molecule has 2 aromatic rings. The fourth-order valence-electron chi connectivity index (χ4n) is 4.80. The Balaban J connectivity index is 1.44. The van der Waals surface area contributed by atoms with Gasteiger partial charge in [-0.15, -0.1) is 0 Å². The maximum absolute atomic E-state index is 12.6. The molecule has 0 spiro atoms. The maximum atomic E-state index is 12.6. The number of nitrogens with one attached hydrogen (secondary N) is 1. The van der Waals surface area contributed by atoms with E-state index >= 15 is 0 Å². The van der Waals surface area contributed by atoms with Gasteiger partial charge in [0.15, 0.2) is 0 Å². The van der Waals surface area contributed by atoms with Crippen molar-refractivity contribution in [3.8, 4) is 0 Å². The molecule has 2 aliphatic carbocycles. The Morgan fingerprint density at radius 3 is 2.50 bits per heavy atom. The fourth-order valence-corrected chi connectivity index (χ4v) is 4.80. The third-order valence-corrected chi connectivity index (χ3v) is 5.88. The normalized spacial score (nSPS) is 29.4. The zero-order valence-corrected chi connectivity index (χ0v) is 14.1. The summed E-state index contributed by atoms with van der Waals surface area (Å²) < 4.78 is 0. The molecule has 3 nitrogen and oxygen atoms in total. The molecule has 2 fully saturated rings. The van der Waals surface area contributed by atoms with Gasteiger partial charge >= 0.3 is 0 Å². The van der Waals surface area contributed by atoms with Crippen molar-refractivity contribution in [2.75, 3.05) is 0 Å². The number of hydrogen-bond acceptors (Lipinski definition) is 2. The summed E-state index contributed by atoms with van der Waals surface area (Å²) in [6.07, 6.45) is 6.32. The Kier molecular flexibility index (Phi) is 4.28. The second-order valence-electron chi connectivity index (χ2n) is 7.63. The minimum absolute atomic E-state index is 0.155. The smallest absolute Gasteiger partial charge is 0.224 e. The van der Waals surface area contributed by atoms with Crippen molar-refractivity contribution >= 4 is 16.7 Å². The molecule has 2 atom stereocenters. The predicted octanol–water partition coefficient (Wildman–Crippen LogP) is 3.40. The lowest BCUT2D eigenvalue weighted by Crippen LogP contribution is -2.54. The summed E-state index contributed by atoms with van der Waals surface area (Å²) in [7, 11) is 0. The lowest BCUT2D eigenvalue weighted by molar-refractivity contribution is -0.122. The van der Waals surface area contributed by atoms with Crippen LogP contribution in [0.5, 0.6) is 0 Å². The van der Waals surface area contributed by atoms with Gasteiger partial charge in [-0.2, -0.15) is 0 Å². The first kappa shape index (κ1) is 15.6. The van der Waals surface area contributed by atoms with Crippen LogP contribution in [0.15, 0.2) is 42.5 Å². The third-order valence-electron chi connectivity index (χ3n) is 5.88. The van der Waals surface area contributed by atoms with Crippen molar-refractivity contribution in [2.24, 2.45) is 17.6 Å². The molecule has 0 radical (unpaired) electrons. The van der Waals surface area contributed by atoms with E-state index in [9.17, 15) is 4.79 Å². The molecule has 2 aliphatic rings. The van der Waals surface area contributed by atoms with Crippen molar-refractivity contribution < 1.29 is 4.79 Å². The first-order chi connectivity index (χ1) is 11.7. The molecule has 0 saturated heterocycles. The van der Waals surface area contributed by atoms with Crippen molar-refractivity contribution in [3.05, 3.63) is 48.0 Å². The molecular formula is C21H26N2O. The highest BCUT2D eigenvalue weighted by atomic mass is 16.1. The highest BCUT2D eigenvalue weighted by molar-refractivity contribution is 5.85. The van der Waals surface area contributed by atoms with E-state index < -0.39 is 0 Å². The van der Waals surface area contributed by atoms with E-state index in [0.717, 1.165) is 18.4 Å². The molecule has 3 heteroatoms. The van der Waals surface area contributed by atoms with Crippen molar-refractivity contribution in [2.45, 2.75) is 50.6 Å². The van der Waals surface area contributed by atoms with Gasteiger partial charge in [-0.3, -0.25) is 4.79 Å². The lowest BCUT2D eigenvalue weighted by Gasteiger charge is -2.45. The second-order valence-corrected chi connectivity index (χ2v) is 7.63. The summed E-state index contributed by atoms with van der Waals surface area (Å²) in [5, 5.41) is 5.76. The van der Waals surface area contributed by atoms with Crippen LogP contribution in [0.25, 0.3) is 10.8 Å². The van der Waals surface area contributed by atoms with Gasteiger partial charge in [-0.1, -0.05) is 48.9 Å². The van der Waals surface area contributed by atoms with Crippen LogP contribution in [-0.4, -0.2) is 18.0 Å². The minimum Gasteiger partial charge on any atom is -0.353 e. The maximum Gasteiger partial charge on any atom is 0.224 e. The molecule has 2 aromatic carbocycles. The van der Waals surface area contributed by atoms with Crippen LogP contribution in [0.3, 0.4) is 0 Å². The highest BCUT2D eigenvalue weighted by Gasteiger charge is 2.39. The minimum atomic E-state index is 0.155. The van der Waals surface area contributed by atoms with Gasteiger partial charge in [-0.05, 0) is 53.9 Å². The Bertz CT molecular complexity index is 727. The molecule has 1 amide bonds. The first-order valence-electron chi connectivity index (χ1n) is 9.21. The van der Waals surface area contributed by atoms with Crippen LogP contribution in [-0.2, 0) is 11.2 Å². The average Bonchev–Trinajstić information content (AvgIpc) is 2.55.